The average molecular weight is 378 g/mol. The number of fused-ring (bicyclic) bond motifs is 1. The van der Waals surface area contributed by atoms with Crippen LogP contribution in [0.15, 0.2) is 36.5 Å². The van der Waals surface area contributed by atoms with Gasteiger partial charge in [-0.05, 0) is 57.8 Å². The highest BCUT2D eigenvalue weighted by Crippen LogP contribution is 2.24. The maximum atomic E-state index is 13.0. The standard InChI is InChI=1S/C21H26N6O/c1-15-19(21(28)26-13-9-16(10-14-26)8-12-22-2)24-25-27(15)18-7-3-5-17-6-4-11-23-20(17)18/h3-7,11,16,22H,8-10,12-14H2,1-2H3. The van der Waals surface area contributed by atoms with Crippen LogP contribution in [0.1, 0.15) is 35.4 Å². The number of aromatic nitrogens is 4. The van der Waals surface area contributed by atoms with Crippen LogP contribution >= 0.6 is 0 Å². The first kappa shape index (κ1) is 18.6. The van der Waals surface area contributed by atoms with Crippen molar-refractivity contribution in [1.29, 1.82) is 0 Å². The number of carbonyl (C=O) groups is 1. The zero-order valence-corrected chi connectivity index (χ0v) is 16.4. The number of nitrogens with zero attached hydrogens (tertiary/aromatic N) is 5. The van der Waals surface area contributed by atoms with E-state index in [1.54, 1.807) is 10.9 Å². The highest BCUT2D eigenvalue weighted by atomic mass is 16.2. The smallest absolute Gasteiger partial charge is 0.276 e. The lowest BCUT2D eigenvalue weighted by molar-refractivity contribution is 0.0680. The van der Waals surface area contributed by atoms with Gasteiger partial charge in [-0.2, -0.15) is 0 Å². The molecule has 0 bridgehead atoms. The van der Waals surface area contributed by atoms with Crippen LogP contribution in [0.2, 0.25) is 0 Å². The predicted molar refractivity (Wildman–Crippen MR) is 109 cm³/mol. The lowest BCUT2D eigenvalue weighted by Crippen LogP contribution is -2.39. The molecule has 0 unspecified atom stereocenters. The SMILES string of the molecule is CNCCC1CCN(C(=O)c2nnn(-c3cccc4cccnc34)c2C)CC1. The number of amides is 1. The molecule has 7 heteroatoms. The fraction of sp³-hybridized carbons (Fsp3) is 0.429. The quantitative estimate of drug-likeness (QED) is 0.738. The molecular weight excluding hydrogens is 352 g/mol. The third kappa shape index (κ3) is 3.49. The predicted octanol–water partition coefficient (Wildman–Crippen LogP) is 2.59. The first-order chi connectivity index (χ1) is 13.7. The van der Waals surface area contributed by atoms with Crippen LogP contribution in [0.5, 0.6) is 0 Å². The normalized spacial score (nSPS) is 15.3. The van der Waals surface area contributed by atoms with Crippen LogP contribution < -0.4 is 5.32 Å². The van der Waals surface area contributed by atoms with Gasteiger partial charge in [0, 0.05) is 24.7 Å². The molecule has 3 aromatic rings. The molecule has 1 aromatic carbocycles. The van der Waals surface area contributed by atoms with Crippen LogP contribution in [0.4, 0.5) is 0 Å². The number of likely N-dealkylation sites (tertiary alicyclic amines) is 1. The summed E-state index contributed by atoms with van der Waals surface area (Å²) in [5.41, 5.74) is 2.87. The van der Waals surface area contributed by atoms with Crippen LogP contribution in [-0.4, -0.2) is 57.5 Å². The fourth-order valence-electron chi connectivity index (χ4n) is 3.94. The minimum atomic E-state index is -0.0241. The molecule has 1 N–H and O–H groups in total. The number of pyridine rings is 1. The van der Waals surface area contributed by atoms with Gasteiger partial charge in [-0.1, -0.05) is 23.4 Å². The van der Waals surface area contributed by atoms with Crippen molar-refractivity contribution in [2.24, 2.45) is 5.92 Å². The summed E-state index contributed by atoms with van der Waals surface area (Å²) in [6, 6.07) is 9.87. The fourth-order valence-corrected chi connectivity index (χ4v) is 3.94. The molecule has 28 heavy (non-hydrogen) atoms. The maximum Gasteiger partial charge on any atom is 0.276 e. The number of carbonyl (C=O) groups excluding carboxylic acids is 1. The summed E-state index contributed by atoms with van der Waals surface area (Å²) in [6.07, 6.45) is 5.03. The summed E-state index contributed by atoms with van der Waals surface area (Å²) < 4.78 is 1.72. The van der Waals surface area contributed by atoms with E-state index < -0.39 is 0 Å². The van der Waals surface area contributed by atoms with Gasteiger partial charge in [-0.25, -0.2) is 4.68 Å². The van der Waals surface area contributed by atoms with Crippen LogP contribution in [-0.2, 0) is 0 Å². The number of hydrogen-bond donors (Lipinski definition) is 1. The molecule has 1 fully saturated rings. The van der Waals surface area contributed by atoms with Gasteiger partial charge < -0.3 is 10.2 Å². The second-order valence-corrected chi connectivity index (χ2v) is 7.42. The molecule has 3 heterocycles. The molecule has 7 nitrogen and oxygen atoms in total. The van der Waals surface area contributed by atoms with Crippen LogP contribution in [0.25, 0.3) is 16.6 Å². The summed E-state index contributed by atoms with van der Waals surface area (Å²) >= 11 is 0. The van der Waals surface area contributed by atoms with Crippen molar-refractivity contribution in [2.45, 2.75) is 26.2 Å². The molecular formula is C21H26N6O. The molecule has 1 aliphatic rings. The monoisotopic (exact) mass is 378 g/mol. The molecule has 2 aromatic heterocycles. The maximum absolute atomic E-state index is 13.0. The summed E-state index contributed by atoms with van der Waals surface area (Å²) in [5.74, 6) is 0.666. The van der Waals surface area contributed by atoms with Gasteiger partial charge >= 0.3 is 0 Å². The molecule has 1 saturated heterocycles. The number of para-hydroxylation sites is 1. The second kappa shape index (κ2) is 8.06. The number of rotatable bonds is 5. The average Bonchev–Trinajstić information content (AvgIpc) is 3.12. The zero-order chi connectivity index (χ0) is 19.5. The van der Waals surface area contributed by atoms with Crippen molar-refractivity contribution in [2.75, 3.05) is 26.7 Å². The number of benzene rings is 1. The largest absolute Gasteiger partial charge is 0.337 e. The zero-order valence-electron chi connectivity index (χ0n) is 16.4. The molecule has 146 valence electrons. The third-order valence-corrected chi connectivity index (χ3v) is 5.64. The van der Waals surface area contributed by atoms with Crippen molar-refractivity contribution in [3.8, 4) is 5.69 Å². The summed E-state index contributed by atoms with van der Waals surface area (Å²) in [6.45, 7) is 4.50. The molecule has 0 atom stereocenters. The lowest BCUT2D eigenvalue weighted by atomic mass is 9.93. The minimum Gasteiger partial charge on any atom is -0.337 e. The van der Waals surface area contributed by atoms with Crippen molar-refractivity contribution >= 4 is 16.8 Å². The van der Waals surface area contributed by atoms with Crippen molar-refractivity contribution in [3.05, 3.63) is 47.9 Å². The van der Waals surface area contributed by atoms with E-state index in [1.165, 1.54) is 6.42 Å². The number of piperidine rings is 1. The van der Waals surface area contributed by atoms with E-state index in [9.17, 15) is 4.79 Å². The molecule has 0 radical (unpaired) electrons. The summed E-state index contributed by atoms with van der Waals surface area (Å²) in [4.78, 5) is 19.4. The highest BCUT2D eigenvalue weighted by Gasteiger charge is 2.27. The Labute approximate surface area is 164 Å². The Morgan fingerprint density at radius 2 is 2.00 bits per heavy atom. The van der Waals surface area contributed by atoms with Gasteiger partial charge in [-0.3, -0.25) is 9.78 Å². The van der Waals surface area contributed by atoms with E-state index in [0.717, 1.165) is 54.8 Å². The summed E-state index contributed by atoms with van der Waals surface area (Å²) in [7, 11) is 1.98. The Morgan fingerprint density at radius 1 is 1.21 bits per heavy atom. The highest BCUT2D eigenvalue weighted by molar-refractivity contribution is 5.94. The molecule has 1 amide bonds. The van der Waals surface area contributed by atoms with Crippen LogP contribution in [0, 0.1) is 12.8 Å². The Kier molecular flexibility index (Phi) is 5.34. The van der Waals surface area contributed by atoms with E-state index in [4.69, 9.17) is 0 Å². The van der Waals surface area contributed by atoms with Gasteiger partial charge in [0.2, 0.25) is 0 Å². The minimum absolute atomic E-state index is 0.0241. The molecule has 0 spiro atoms. The van der Waals surface area contributed by atoms with E-state index in [2.05, 4.69) is 20.6 Å². The van der Waals surface area contributed by atoms with E-state index >= 15 is 0 Å². The molecule has 4 rings (SSSR count). The number of hydrogen-bond acceptors (Lipinski definition) is 5. The van der Waals surface area contributed by atoms with Gasteiger partial charge in [0.05, 0.1) is 16.9 Å². The Morgan fingerprint density at radius 3 is 2.79 bits per heavy atom. The van der Waals surface area contributed by atoms with E-state index in [-0.39, 0.29) is 5.91 Å². The topological polar surface area (TPSA) is 75.9 Å². The van der Waals surface area contributed by atoms with Crippen molar-refractivity contribution in [3.63, 3.8) is 0 Å². The summed E-state index contributed by atoms with van der Waals surface area (Å²) in [5, 5.41) is 12.7. The molecule has 1 aliphatic heterocycles. The third-order valence-electron chi connectivity index (χ3n) is 5.64. The van der Waals surface area contributed by atoms with Crippen molar-refractivity contribution < 1.29 is 4.79 Å². The first-order valence-electron chi connectivity index (χ1n) is 9.89. The Hall–Kier alpha value is -2.80. The van der Waals surface area contributed by atoms with Gasteiger partial charge in [0.25, 0.3) is 5.91 Å². The Bertz CT molecular complexity index is 969. The first-order valence-corrected chi connectivity index (χ1v) is 9.89. The molecule has 0 saturated carbocycles. The van der Waals surface area contributed by atoms with Crippen LogP contribution in [0.3, 0.4) is 0 Å². The van der Waals surface area contributed by atoms with E-state index in [0.29, 0.717) is 11.6 Å². The van der Waals surface area contributed by atoms with Gasteiger partial charge in [0.15, 0.2) is 5.69 Å². The van der Waals surface area contributed by atoms with Gasteiger partial charge in [0.1, 0.15) is 0 Å². The number of nitrogens with one attached hydrogen (secondary N) is 1. The molecule has 0 aliphatic carbocycles. The van der Waals surface area contributed by atoms with Gasteiger partial charge in [-0.15, -0.1) is 5.10 Å². The lowest BCUT2D eigenvalue weighted by Gasteiger charge is -2.31. The second-order valence-electron chi connectivity index (χ2n) is 7.42. The van der Waals surface area contributed by atoms with Crippen molar-refractivity contribution in [1.82, 2.24) is 30.2 Å². The Balaban J connectivity index is 1.55. The van der Waals surface area contributed by atoms with E-state index in [1.807, 2.05) is 49.2 Å².